The number of benzene rings is 2. The van der Waals surface area contributed by atoms with E-state index in [2.05, 4.69) is 15.1 Å². The van der Waals surface area contributed by atoms with Gasteiger partial charge in [0.1, 0.15) is 11.5 Å². The molecule has 0 aliphatic heterocycles. The van der Waals surface area contributed by atoms with E-state index in [1.165, 1.54) is 11.8 Å². The molecule has 7 nitrogen and oxygen atoms in total. The van der Waals surface area contributed by atoms with Gasteiger partial charge in [-0.1, -0.05) is 30.0 Å². The molecular formula is C22H17N5O2S. The van der Waals surface area contributed by atoms with Crippen LogP contribution in [0.15, 0.2) is 76.8 Å². The van der Waals surface area contributed by atoms with Gasteiger partial charge in [0.15, 0.2) is 0 Å². The van der Waals surface area contributed by atoms with E-state index in [4.69, 9.17) is 4.74 Å². The second-order valence-electron chi connectivity index (χ2n) is 6.67. The maximum Gasteiger partial charge on any atom is 0.266 e. The second kappa shape index (κ2) is 7.31. The summed E-state index contributed by atoms with van der Waals surface area (Å²) in [6.07, 6.45) is 3.65. The lowest BCUT2D eigenvalue weighted by molar-refractivity contribution is 0.482. The fourth-order valence-corrected chi connectivity index (χ4v) is 3.69. The largest absolute Gasteiger partial charge is 0.457 e. The van der Waals surface area contributed by atoms with Crippen molar-refractivity contribution in [2.45, 2.75) is 12.1 Å². The molecular weight excluding hydrogens is 398 g/mol. The minimum Gasteiger partial charge on any atom is -0.457 e. The van der Waals surface area contributed by atoms with Crippen LogP contribution in [0.4, 0.5) is 0 Å². The van der Waals surface area contributed by atoms with Gasteiger partial charge < -0.3 is 4.74 Å². The SMILES string of the molecule is CSc1nc2nc(C)c3c(=O)n(-c4ccc(Oc5ccccc5)cc4)ccc3n2n1. The van der Waals surface area contributed by atoms with Crippen molar-refractivity contribution in [3.05, 3.63) is 82.9 Å². The summed E-state index contributed by atoms with van der Waals surface area (Å²) in [5.74, 6) is 1.95. The van der Waals surface area contributed by atoms with Crippen molar-refractivity contribution >= 4 is 28.4 Å². The van der Waals surface area contributed by atoms with E-state index in [1.54, 1.807) is 15.3 Å². The van der Waals surface area contributed by atoms with Crippen molar-refractivity contribution in [2.75, 3.05) is 6.26 Å². The molecule has 5 rings (SSSR count). The van der Waals surface area contributed by atoms with Crippen LogP contribution in [0.2, 0.25) is 0 Å². The molecule has 0 fully saturated rings. The van der Waals surface area contributed by atoms with Crippen LogP contribution in [0.1, 0.15) is 5.69 Å². The molecule has 0 aliphatic carbocycles. The fourth-order valence-electron chi connectivity index (χ4n) is 3.36. The van der Waals surface area contributed by atoms with Crippen LogP contribution in [0.25, 0.3) is 22.4 Å². The Hall–Kier alpha value is -3.65. The minimum absolute atomic E-state index is 0.155. The van der Waals surface area contributed by atoms with Crippen molar-refractivity contribution in [3.63, 3.8) is 0 Å². The van der Waals surface area contributed by atoms with Gasteiger partial charge in [-0.25, -0.2) is 4.98 Å². The molecule has 0 aliphatic rings. The summed E-state index contributed by atoms with van der Waals surface area (Å²) in [5.41, 5.74) is 1.90. The first kappa shape index (κ1) is 18.4. The highest BCUT2D eigenvalue weighted by atomic mass is 32.2. The van der Waals surface area contributed by atoms with Crippen molar-refractivity contribution in [1.82, 2.24) is 24.1 Å². The number of rotatable bonds is 4. The van der Waals surface area contributed by atoms with E-state index in [1.807, 2.05) is 73.8 Å². The van der Waals surface area contributed by atoms with Crippen LogP contribution < -0.4 is 10.3 Å². The van der Waals surface area contributed by atoms with Crippen molar-refractivity contribution < 1.29 is 4.74 Å². The molecule has 0 atom stereocenters. The molecule has 3 heterocycles. The first-order valence-corrected chi connectivity index (χ1v) is 10.5. The number of pyridine rings is 1. The average Bonchev–Trinajstić information content (AvgIpc) is 3.18. The quantitative estimate of drug-likeness (QED) is 0.409. The highest BCUT2D eigenvalue weighted by molar-refractivity contribution is 7.98. The van der Waals surface area contributed by atoms with Crippen molar-refractivity contribution in [3.8, 4) is 17.2 Å². The van der Waals surface area contributed by atoms with E-state index in [0.29, 0.717) is 33.3 Å². The molecule has 0 bridgehead atoms. The highest BCUT2D eigenvalue weighted by Gasteiger charge is 2.15. The molecule has 8 heteroatoms. The first-order chi connectivity index (χ1) is 14.6. The Balaban J connectivity index is 1.57. The molecule has 3 aromatic heterocycles. The zero-order valence-electron chi connectivity index (χ0n) is 16.3. The Morgan fingerprint density at radius 3 is 2.40 bits per heavy atom. The van der Waals surface area contributed by atoms with Gasteiger partial charge in [-0.05, 0) is 55.6 Å². The summed E-state index contributed by atoms with van der Waals surface area (Å²) in [7, 11) is 0. The predicted octanol–water partition coefficient (Wildman–Crippen LogP) is 4.25. The Kier molecular flexibility index (Phi) is 4.48. The molecule has 30 heavy (non-hydrogen) atoms. The second-order valence-corrected chi connectivity index (χ2v) is 7.44. The number of para-hydroxylation sites is 1. The standard InChI is InChI=1S/C22H17N5O2S/c1-14-19-18(27-21(23-14)24-22(25-27)30-2)12-13-26(20(19)28)15-8-10-17(11-9-15)29-16-6-4-3-5-7-16/h3-13H,1-2H3. The number of aryl methyl sites for hydroxylation is 1. The average molecular weight is 415 g/mol. The Labute approximate surface area is 176 Å². The fraction of sp³-hybridized carbons (Fsp3) is 0.0909. The Morgan fingerprint density at radius 2 is 1.67 bits per heavy atom. The lowest BCUT2D eigenvalue weighted by Crippen LogP contribution is -2.20. The van der Waals surface area contributed by atoms with Gasteiger partial charge in [0.2, 0.25) is 5.16 Å². The summed E-state index contributed by atoms with van der Waals surface area (Å²) < 4.78 is 9.05. The van der Waals surface area contributed by atoms with Crippen LogP contribution in [0.3, 0.4) is 0 Å². The van der Waals surface area contributed by atoms with Crippen LogP contribution in [0.5, 0.6) is 11.5 Å². The van der Waals surface area contributed by atoms with Crippen molar-refractivity contribution in [1.29, 1.82) is 0 Å². The molecule has 148 valence electrons. The van der Waals surface area contributed by atoms with Gasteiger partial charge in [0, 0.05) is 11.9 Å². The number of nitrogens with zero attached hydrogens (tertiary/aromatic N) is 5. The molecule has 0 spiro atoms. The summed E-state index contributed by atoms with van der Waals surface area (Å²) >= 11 is 1.44. The summed E-state index contributed by atoms with van der Waals surface area (Å²) in [6, 6.07) is 18.8. The molecule has 2 aromatic carbocycles. The van der Waals surface area contributed by atoms with Crippen LogP contribution in [0, 0.1) is 6.92 Å². The molecule has 0 N–H and O–H groups in total. The third-order valence-corrected chi connectivity index (χ3v) is 5.31. The summed E-state index contributed by atoms with van der Waals surface area (Å²) in [6.45, 7) is 1.82. The molecule has 0 saturated carbocycles. The van der Waals surface area contributed by atoms with Crippen LogP contribution >= 0.6 is 11.8 Å². The van der Waals surface area contributed by atoms with Crippen LogP contribution in [-0.4, -0.2) is 30.4 Å². The van der Waals surface area contributed by atoms with Gasteiger partial charge in [0.05, 0.1) is 16.6 Å². The topological polar surface area (TPSA) is 74.3 Å². The minimum atomic E-state index is -0.155. The number of fused-ring (bicyclic) bond motifs is 3. The third kappa shape index (κ3) is 3.11. The molecule has 5 aromatic rings. The molecule has 0 saturated heterocycles. The van der Waals surface area contributed by atoms with E-state index in [9.17, 15) is 4.79 Å². The van der Waals surface area contributed by atoms with Gasteiger partial charge in [-0.2, -0.15) is 9.50 Å². The maximum atomic E-state index is 13.3. The lowest BCUT2D eigenvalue weighted by atomic mass is 10.2. The third-order valence-electron chi connectivity index (χ3n) is 4.77. The molecule has 0 unspecified atom stereocenters. The molecule has 0 radical (unpaired) electrons. The monoisotopic (exact) mass is 415 g/mol. The van der Waals surface area contributed by atoms with Gasteiger partial charge in [-0.3, -0.25) is 9.36 Å². The smallest absolute Gasteiger partial charge is 0.266 e. The highest BCUT2D eigenvalue weighted by Crippen LogP contribution is 2.23. The van der Waals surface area contributed by atoms with Crippen LogP contribution in [-0.2, 0) is 0 Å². The summed E-state index contributed by atoms with van der Waals surface area (Å²) in [5, 5.41) is 5.58. The molecule has 0 amide bonds. The Bertz CT molecular complexity index is 1430. The van der Waals surface area contributed by atoms with Gasteiger partial charge >= 0.3 is 0 Å². The normalized spacial score (nSPS) is 11.3. The predicted molar refractivity (Wildman–Crippen MR) is 117 cm³/mol. The maximum absolute atomic E-state index is 13.3. The van der Waals surface area contributed by atoms with Crippen molar-refractivity contribution in [2.24, 2.45) is 0 Å². The zero-order chi connectivity index (χ0) is 20.7. The van der Waals surface area contributed by atoms with Gasteiger partial charge in [0.25, 0.3) is 11.3 Å². The lowest BCUT2D eigenvalue weighted by Gasteiger charge is -2.10. The number of hydrogen-bond acceptors (Lipinski definition) is 6. The number of thioether (sulfide) groups is 1. The Morgan fingerprint density at radius 1 is 0.933 bits per heavy atom. The summed E-state index contributed by atoms with van der Waals surface area (Å²) in [4.78, 5) is 22.1. The van der Waals surface area contributed by atoms with E-state index in [0.717, 1.165) is 11.4 Å². The van der Waals surface area contributed by atoms with E-state index < -0.39 is 0 Å². The number of aromatic nitrogens is 5. The first-order valence-electron chi connectivity index (χ1n) is 9.30. The number of hydrogen-bond donors (Lipinski definition) is 0. The van der Waals surface area contributed by atoms with E-state index in [-0.39, 0.29) is 5.56 Å². The zero-order valence-corrected chi connectivity index (χ0v) is 17.1. The number of ether oxygens (including phenoxy) is 1. The van der Waals surface area contributed by atoms with E-state index >= 15 is 0 Å². The van der Waals surface area contributed by atoms with Gasteiger partial charge in [-0.15, -0.1) is 5.10 Å².